The summed E-state index contributed by atoms with van der Waals surface area (Å²) in [7, 11) is 0. The summed E-state index contributed by atoms with van der Waals surface area (Å²) in [5.74, 6) is 0.793. The van der Waals surface area contributed by atoms with Crippen molar-refractivity contribution in [3.05, 3.63) is 10.8 Å². The van der Waals surface area contributed by atoms with E-state index in [0.29, 0.717) is 19.8 Å². The molecule has 0 saturated heterocycles. The molecule has 2 N–H and O–H groups in total. The van der Waals surface area contributed by atoms with Gasteiger partial charge in [-0.3, -0.25) is 0 Å². The second-order valence-electron chi connectivity index (χ2n) is 2.78. The molecule has 0 saturated carbocycles. The first-order valence-electron chi connectivity index (χ1n) is 4.27. The first kappa shape index (κ1) is 9.50. The normalized spacial score (nSPS) is 11.3. The summed E-state index contributed by atoms with van der Waals surface area (Å²) >= 11 is 1.48. The van der Waals surface area contributed by atoms with Crippen molar-refractivity contribution in [2.24, 2.45) is 5.73 Å². The fraction of sp³-hybridized carbons (Fsp3) is 0.571. The Kier molecular flexibility index (Phi) is 2.71. The minimum atomic E-state index is 0.491. The van der Waals surface area contributed by atoms with Gasteiger partial charge in [0.25, 0.3) is 0 Å². The Morgan fingerprint density at radius 2 is 2.36 bits per heavy atom. The van der Waals surface area contributed by atoms with E-state index in [0.717, 1.165) is 15.8 Å². The maximum atomic E-state index is 5.30. The second-order valence-corrected chi connectivity index (χ2v) is 3.82. The third kappa shape index (κ3) is 1.74. The largest absolute Gasteiger partial charge is 0.373 e. The van der Waals surface area contributed by atoms with E-state index in [1.165, 1.54) is 11.3 Å². The lowest BCUT2D eigenvalue weighted by atomic mass is 10.7. The SMILES string of the molecule is Cc1nnc2sc(COCCN)nn12. The molecule has 0 aromatic carbocycles. The van der Waals surface area contributed by atoms with Gasteiger partial charge in [0, 0.05) is 6.54 Å². The number of aryl methyl sites for hydroxylation is 1. The van der Waals surface area contributed by atoms with Crippen LogP contribution in [-0.2, 0) is 11.3 Å². The van der Waals surface area contributed by atoms with Crippen molar-refractivity contribution in [3.8, 4) is 0 Å². The fourth-order valence-corrected chi connectivity index (χ4v) is 1.87. The monoisotopic (exact) mass is 213 g/mol. The highest BCUT2D eigenvalue weighted by Crippen LogP contribution is 2.13. The molecular formula is C7H11N5OS. The van der Waals surface area contributed by atoms with E-state index in [1.807, 2.05) is 6.92 Å². The number of ether oxygens (including phenoxy) is 1. The molecule has 76 valence electrons. The molecule has 0 spiro atoms. The molecule has 7 heteroatoms. The summed E-state index contributed by atoms with van der Waals surface area (Å²) in [5, 5.41) is 13.0. The van der Waals surface area contributed by atoms with E-state index in [-0.39, 0.29) is 0 Å². The van der Waals surface area contributed by atoms with Gasteiger partial charge in [0.1, 0.15) is 11.6 Å². The molecule has 14 heavy (non-hydrogen) atoms. The Hall–Kier alpha value is -1.05. The van der Waals surface area contributed by atoms with E-state index >= 15 is 0 Å². The van der Waals surface area contributed by atoms with Gasteiger partial charge >= 0.3 is 0 Å². The van der Waals surface area contributed by atoms with Gasteiger partial charge in [-0.25, -0.2) is 0 Å². The first-order valence-corrected chi connectivity index (χ1v) is 5.08. The van der Waals surface area contributed by atoms with Crippen LogP contribution in [0.25, 0.3) is 4.96 Å². The van der Waals surface area contributed by atoms with Crippen LogP contribution in [0, 0.1) is 6.92 Å². The van der Waals surface area contributed by atoms with E-state index in [1.54, 1.807) is 4.52 Å². The molecule has 0 amide bonds. The molecule has 0 radical (unpaired) electrons. The molecule has 0 aliphatic rings. The van der Waals surface area contributed by atoms with Gasteiger partial charge in [-0.05, 0) is 6.92 Å². The molecule has 0 aliphatic carbocycles. The molecule has 0 fully saturated rings. The lowest BCUT2D eigenvalue weighted by Crippen LogP contribution is -2.08. The molecule has 6 nitrogen and oxygen atoms in total. The van der Waals surface area contributed by atoms with Gasteiger partial charge in [0.15, 0.2) is 5.82 Å². The third-order valence-corrected chi connectivity index (χ3v) is 2.55. The summed E-state index contributed by atoms with van der Waals surface area (Å²) < 4.78 is 6.98. The zero-order valence-electron chi connectivity index (χ0n) is 7.80. The quantitative estimate of drug-likeness (QED) is 0.721. The highest BCUT2D eigenvalue weighted by atomic mass is 32.1. The zero-order chi connectivity index (χ0) is 9.97. The fourth-order valence-electron chi connectivity index (χ4n) is 1.06. The predicted octanol–water partition coefficient (Wildman–Crippen LogP) is -0.0305. The van der Waals surface area contributed by atoms with E-state index in [2.05, 4.69) is 15.3 Å². The Morgan fingerprint density at radius 3 is 3.07 bits per heavy atom. The average Bonchev–Trinajstić information content (AvgIpc) is 2.70. The molecule has 2 rings (SSSR count). The third-order valence-electron chi connectivity index (χ3n) is 1.68. The smallest absolute Gasteiger partial charge is 0.234 e. The number of hydrogen-bond acceptors (Lipinski definition) is 6. The van der Waals surface area contributed by atoms with Crippen LogP contribution in [0.4, 0.5) is 0 Å². The van der Waals surface area contributed by atoms with Crippen LogP contribution in [-0.4, -0.2) is 33.0 Å². The molecule has 2 heterocycles. The van der Waals surface area contributed by atoms with Crippen molar-refractivity contribution >= 4 is 16.3 Å². The van der Waals surface area contributed by atoms with Crippen molar-refractivity contribution in [3.63, 3.8) is 0 Å². The molecule has 0 aliphatic heterocycles. The summed E-state index contributed by atoms with van der Waals surface area (Å²) in [6, 6.07) is 0. The zero-order valence-corrected chi connectivity index (χ0v) is 8.62. The molecule has 0 unspecified atom stereocenters. The Bertz CT molecular complexity index is 423. The van der Waals surface area contributed by atoms with Gasteiger partial charge < -0.3 is 10.5 Å². The summed E-state index contributed by atoms with van der Waals surface area (Å²) in [4.78, 5) is 0.800. The molecule has 2 aromatic heterocycles. The van der Waals surface area contributed by atoms with Crippen LogP contribution in [0.5, 0.6) is 0 Å². The minimum Gasteiger partial charge on any atom is -0.373 e. The Morgan fingerprint density at radius 1 is 1.50 bits per heavy atom. The van der Waals surface area contributed by atoms with Gasteiger partial charge in [0.2, 0.25) is 4.96 Å². The van der Waals surface area contributed by atoms with Crippen molar-refractivity contribution < 1.29 is 4.74 Å². The van der Waals surface area contributed by atoms with Crippen LogP contribution in [0.2, 0.25) is 0 Å². The Labute approximate surface area is 84.7 Å². The lowest BCUT2D eigenvalue weighted by Gasteiger charge is -1.96. The van der Waals surface area contributed by atoms with E-state index in [4.69, 9.17) is 10.5 Å². The number of nitrogens with two attached hydrogens (primary N) is 1. The van der Waals surface area contributed by atoms with E-state index < -0.39 is 0 Å². The summed E-state index contributed by atoms with van der Waals surface area (Å²) in [5.41, 5.74) is 5.30. The van der Waals surface area contributed by atoms with Crippen molar-refractivity contribution in [1.29, 1.82) is 0 Å². The van der Waals surface area contributed by atoms with Crippen LogP contribution in [0.15, 0.2) is 0 Å². The van der Waals surface area contributed by atoms with Crippen molar-refractivity contribution in [1.82, 2.24) is 19.8 Å². The first-order chi connectivity index (χ1) is 6.81. The second kappa shape index (κ2) is 3.99. The standard InChI is InChI=1S/C7H11N5OS/c1-5-9-10-7-12(5)11-6(14-7)4-13-3-2-8/h2-4,8H2,1H3. The van der Waals surface area contributed by atoms with Crippen LogP contribution < -0.4 is 5.73 Å². The Balaban J connectivity index is 2.11. The highest BCUT2D eigenvalue weighted by Gasteiger charge is 2.07. The number of aromatic nitrogens is 4. The van der Waals surface area contributed by atoms with Gasteiger partial charge in [0.05, 0.1) is 6.61 Å². The average molecular weight is 213 g/mol. The van der Waals surface area contributed by atoms with Crippen molar-refractivity contribution in [2.75, 3.05) is 13.2 Å². The van der Waals surface area contributed by atoms with Crippen LogP contribution >= 0.6 is 11.3 Å². The highest BCUT2D eigenvalue weighted by molar-refractivity contribution is 7.16. The number of rotatable bonds is 4. The minimum absolute atomic E-state index is 0.491. The van der Waals surface area contributed by atoms with Crippen LogP contribution in [0.1, 0.15) is 10.8 Å². The lowest BCUT2D eigenvalue weighted by molar-refractivity contribution is 0.127. The topological polar surface area (TPSA) is 78.3 Å². The van der Waals surface area contributed by atoms with Gasteiger partial charge in [-0.15, -0.1) is 10.2 Å². The summed E-state index contributed by atoms with van der Waals surface area (Å²) in [6.07, 6.45) is 0. The maximum absolute atomic E-state index is 5.30. The predicted molar refractivity (Wildman–Crippen MR) is 52.1 cm³/mol. The van der Waals surface area contributed by atoms with Crippen LogP contribution in [0.3, 0.4) is 0 Å². The molecule has 2 aromatic rings. The molecular weight excluding hydrogens is 202 g/mol. The van der Waals surface area contributed by atoms with E-state index in [9.17, 15) is 0 Å². The number of hydrogen-bond donors (Lipinski definition) is 1. The summed E-state index contributed by atoms with van der Waals surface area (Å²) in [6.45, 7) is 3.44. The number of nitrogens with zero attached hydrogens (tertiary/aromatic N) is 4. The maximum Gasteiger partial charge on any atom is 0.234 e. The van der Waals surface area contributed by atoms with Gasteiger partial charge in [-0.1, -0.05) is 11.3 Å². The number of fused-ring (bicyclic) bond motifs is 1. The van der Waals surface area contributed by atoms with Crippen molar-refractivity contribution in [2.45, 2.75) is 13.5 Å². The van der Waals surface area contributed by atoms with Gasteiger partial charge in [-0.2, -0.15) is 9.61 Å². The molecule has 0 bridgehead atoms. The molecule has 0 atom stereocenters.